The molecule has 1 atom stereocenters. The molecular formula is C10H21BrO. The fourth-order valence-corrected chi connectivity index (χ4v) is 1.25. The molecule has 2 heteroatoms. The lowest BCUT2D eigenvalue weighted by Gasteiger charge is -2.13. The van der Waals surface area contributed by atoms with Crippen molar-refractivity contribution in [2.75, 3.05) is 6.61 Å². The summed E-state index contributed by atoms with van der Waals surface area (Å²) in [5.74, 6) is 0.726. The summed E-state index contributed by atoms with van der Waals surface area (Å²) in [5.41, 5.74) is 0. The van der Waals surface area contributed by atoms with Crippen molar-refractivity contribution >= 4 is 15.9 Å². The van der Waals surface area contributed by atoms with Gasteiger partial charge in [-0.15, -0.1) is 0 Å². The van der Waals surface area contributed by atoms with Gasteiger partial charge in [0.05, 0.1) is 6.10 Å². The monoisotopic (exact) mass is 236 g/mol. The second-order valence-corrected chi connectivity index (χ2v) is 5.00. The van der Waals surface area contributed by atoms with E-state index in [4.69, 9.17) is 4.74 Å². The minimum Gasteiger partial charge on any atom is -0.379 e. The predicted molar refractivity (Wildman–Crippen MR) is 57.9 cm³/mol. The molecule has 12 heavy (non-hydrogen) atoms. The van der Waals surface area contributed by atoms with Gasteiger partial charge < -0.3 is 4.74 Å². The SMILES string of the molecule is CC(C)OCCCC(Br)C(C)C. The Labute approximate surface area is 85.0 Å². The molecule has 0 N–H and O–H groups in total. The summed E-state index contributed by atoms with van der Waals surface area (Å²) in [6, 6.07) is 0. The van der Waals surface area contributed by atoms with Crippen LogP contribution in [0.25, 0.3) is 0 Å². The number of alkyl halides is 1. The van der Waals surface area contributed by atoms with Crippen LogP contribution in [0.4, 0.5) is 0 Å². The van der Waals surface area contributed by atoms with Gasteiger partial charge >= 0.3 is 0 Å². The molecule has 0 amide bonds. The maximum atomic E-state index is 5.45. The summed E-state index contributed by atoms with van der Waals surface area (Å²) < 4.78 is 5.45. The fourth-order valence-electron chi connectivity index (χ4n) is 0.931. The normalized spacial score (nSPS) is 14.2. The van der Waals surface area contributed by atoms with E-state index in [0.717, 1.165) is 18.9 Å². The third-order valence-electron chi connectivity index (χ3n) is 1.80. The summed E-state index contributed by atoms with van der Waals surface area (Å²) >= 11 is 3.65. The highest BCUT2D eigenvalue weighted by molar-refractivity contribution is 9.09. The zero-order valence-corrected chi connectivity index (χ0v) is 10.2. The van der Waals surface area contributed by atoms with Crippen LogP contribution in [-0.4, -0.2) is 17.5 Å². The van der Waals surface area contributed by atoms with Crippen LogP contribution in [0.2, 0.25) is 0 Å². The Morgan fingerprint density at radius 1 is 1.17 bits per heavy atom. The van der Waals surface area contributed by atoms with Gasteiger partial charge in [0, 0.05) is 11.4 Å². The van der Waals surface area contributed by atoms with E-state index in [2.05, 4.69) is 43.6 Å². The largest absolute Gasteiger partial charge is 0.379 e. The van der Waals surface area contributed by atoms with Crippen LogP contribution in [0.3, 0.4) is 0 Å². The Balaban J connectivity index is 3.20. The first-order valence-electron chi connectivity index (χ1n) is 4.79. The quantitative estimate of drug-likeness (QED) is 0.506. The van der Waals surface area contributed by atoms with E-state index in [0.29, 0.717) is 10.9 Å². The second kappa shape index (κ2) is 6.90. The van der Waals surface area contributed by atoms with Gasteiger partial charge in [0.25, 0.3) is 0 Å². The Morgan fingerprint density at radius 2 is 1.75 bits per heavy atom. The molecule has 0 spiro atoms. The molecule has 1 nitrogen and oxygen atoms in total. The molecule has 0 aromatic heterocycles. The third-order valence-corrected chi connectivity index (χ3v) is 3.31. The average Bonchev–Trinajstić information content (AvgIpc) is 1.97. The molecule has 0 heterocycles. The number of halogens is 1. The summed E-state index contributed by atoms with van der Waals surface area (Å²) in [4.78, 5) is 0.647. The second-order valence-electron chi connectivity index (χ2n) is 3.82. The standard InChI is InChI=1S/C10H21BrO/c1-8(2)10(11)6-5-7-12-9(3)4/h8-10H,5-7H2,1-4H3. The topological polar surface area (TPSA) is 9.23 Å². The lowest BCUT2D eigenvalue weighted by Crippen LogP contribution is -2.10. The summed E-state index contributed by atoms with van der Waals surface area (Å²) in [6.07, 6.45) is 2.74. The first-order chi connectivity index (χ1) is 5.54. The van der Waals surface area contributed by atoms with Gasteiger partial charge in [-0.2, -0.15) is 0 Å². The third kappa shape index (κ3) is 7.11. The minimum atomic E-state index is 0.373. The molecule has 0 aromatic carbocycles. The molecule has 0 bridgehead atoms. The zero-order valence-electron chi connectivity index (χ0n) is 8.64. The summed E-state index contributed by atoms with van der Waals surface area (Å²) in [7, 11) is 0. The van der Waals surface area contributed by atoms with Gasteiger partial charge in [0.2, 0.25) is 0 Å². The van der Waals surface area contributed by atoms with Gasteiger partial charge in [-0.1, -0.05) is 29.8 Å². The van der Waals surface area contributed by atoms with Gasteiger partial charge in [-0.05, 0) is 32.6 Å². The molecule has 0 aromatic rings. The van der Waals surface area contributed by atoms with Crippen LogP contribution in [0.15, 0.2) is 0 Å². The molecule has 0 aliphatic carbocycles. The van der Waals surface area contributed by atoms with Crippen molar-refractivity contribution < 1.29 is 4.74 Å². The van der Waals surface area contributed by atoms with Crippen molar-refractivity contribution in [3.05, 3.63) is 0 Å². The smallest absolute Gasteiger partial charge is 0.0518 e. The van der Waals surface area contributed by atoms with Crippen molar-refractivity contribution in [1.29, 1.82) is 0 Å². The number of rotatable bonds is 6. The maximum absolute atomic E-state index is 5.45. The minimum absolute atomic E-state index is 0.373. The van der Waals surface area contributed by atoms with E-state index < -0.39 is 0 Å². The average molecular weight is 237 g/mol. The van der Waals surface area contributed by atoms with Crippen LogP contribution < -0.4 is 0 Å². The van der Waals surface area contributed by atoms with Crippen LogP contribution in [0.1, 0.15) is 40.5 Å². The molecule has 0 saturated heterocycles. The van der Waals surface area contributed by atoms with Gasteiger partial charge in [-0.25, -0.2) is 0 Å². The lowest BCUT2D eigenvalue weighted by molar-refractivity contribution is 0.0756. The van der Waals surface area contributed by atoms with Crippen molar-refractivity contribution in [2.45, 2.75) is 51.5 Å². The summed E-state index contributed by atoms with van der Waals surface area (Å²) in [5, 5.41) is 0. The van der Waals surface area contributed by atoms with E-state index in [9.17, 15) is 0 Å². The highest BCUT2D eigenvalue weighted by Gasteiger charge is 2.07. The van der Waals surface area contributed by atoms with Crippen LogP contribution in [0.5, 0.6) is 0 Å². The first kappa shape index (κ1) is 12.4. The molecule has 0 rings (SSSR count). The van der Waals surface area contributed by atoms with E-state index >= 15 is 0 Å². The van der Waals surface area contributed by atoms with E-state index in [1.165, 1.54) is 6.42 Å². The van der Waals surface area contributed by atoms with Crippen molar-refractivity contribution in [2.24, 2.45) is 5.92 Å². The predicted octanol–water partition coefficient (Wildman–Crippen LogP) is 3.61. The van der Waals surface area contributed by atoms with Crippen molar-refractivity contribution in [3.63, 3.8) is 0 Å². The number of hydrogen-bond acceptors (Lipinski definition) is 1. The Morgan fingerprint density at radius 3 is 2.17 bits per heavy atom. The van der Waals surface area contributed by atoms with Gasteiger partial charge in [-0.3, -0.25) is 0 Å². The lowest BCUT2D eigenvalue weighted by atomic mass is 10.1. The Bertz CT molecular complexity index is 102. The molecule has 0 radical (unpaired) electrons. The summed E-state index contributed by atoms with van der Waals surface area (Å²) in [6.45, 7) is 9.53. The maximum Gasteiger partial charge on any atom is 0.0518 e. The molecular weight excluding hydrogens is 216 g/mol. The molecule has 1 unspecified atom stereocenters. The molecule has 0 saturated carbocycles. The van der Waals surface area contributed by atoms with E-state index in [-0.39, 0.29) is 0 Å². The van der Waals surface area contributed by atoms with Gasteiger partial charge in [0.1, 0.15) is 0 Å². The number of hydrogen-bond donors (Lipinski definition) is 0. The molecule has 0 aliphatic rings. The van der Waals surface area contributed by atoms with Crippen LogP contribution in [0, 0.1) is 5.92 Å². The van der Waals surface area contributed by atoms with Gasteiger partial charge in [0.15, 0.2) is 0 Å². The Kier molecular flexibility index (Phi) is 7.16. The van der Waals surface area contributed by atoms with Crippen LogP contribution in [-0.2, 0) is 4.74 Å². The van der Waals surface area contributed by atoms with Crippen LogP contribution >= 0.6 is 15.9 Å². The molecule has 0 aliphatic heterocycles. The highest BCUT2D eigenvalue weighted by atomic mass is 79.9. The van der Waals surface area contributed by atoms with E-state index in [1.54, 1.807) is 0 Å². The highest BCUT2D eigenvalue weighted by Crippen LogP contribution is 2.17. The van der Waals surface area contributed by atoms with E-state index in [1.807, 2.05) is 0 Å². The zero-order chi connectivity index (χ0) is 9.56. The fraction of sp³-hybridized carbons (Fsp3) is 1.00. The Hall–Kier alpha value is 0.440. The number of ether oxygens (including phenoxy) is 1. The van der Waals surface area contributed by atoms with Crippen molar-refractivity contribution in [1.82, 2.24) is 0 Å². The molecule has 0 fully saturated rings. The molecule has 74 valence electrons. The van der Waals surface area contributed by atoms with Crippen molar-refractivity contribution in [3.8, 4) is 0 Å². The first-order valence-corrected chi connectivity index (χ1v) is 5.71.